The van der Waals surface area contributed by atoms with Crippen LogP contribution in [0.25, 0.3) is 0 Å². The number of hydrogen-bond donors (Lipinski definition) is 1. The summed E-state index contributed by atoms with van der Waals surface area (Å²) >= 11 is 0. The van der Waals surface area contributed by atoms with Gasteiger partial charge in [-0.2, -0.15) is 0 Å². The summed E-state index contributed by atoms with van der Waals surface area (Å²) in [7, 11) is 1.60. The molecule has 0 aliphatic rings. The second kappa shape index (κ2) is 4.86. The van der Waals surface area contributed by atoms with E-state index < -0.39 is 6.10 Å². The van der Waals surface area contributed by atoms with Crippen LogP contribution in [0.3, 0.4) is 0 Å². The van der Waals surface area contributed by atoms with Gasteiger partial charge in [-0.15, -0.1) is 0 Å². The van der Waals surface area contributed by atoms with Crippen LogP contribution in [0.4, 0.5) is 0 Å². The van der Waals surface area contributed by atoms with Crippen LogP contribution in [0.2, 0.25) is 0 Å². The van der Waals surface area contributed by atoms with Gasteiger partial charge in [-0.3, -0.25) is 0 Å². The van der Waals surface area contributed by atoms with Gasteiger partial charge in [0.15, 0.2) is 0 Å². The van der Waals surface area contributed by atoms with Crippen molar-refractivity contribution in [3.8, 4) is 11.5 Å². The molecule has 1 N–H and O–H groups in total. The molecule has 0 amide bonds. The van der Waals surface area contributed by atoms with Gasteiger partial charge in [0, 0.05) is 11.6 Å². The van der Waals surface area contributed by atoms with Crippen LogP contribution in [0.5, 0.6) is 11.5 Å². The zero-order valence-electron chi connectivity index (χ0n) is 8.78. The van der Waals surface area contributed by atoms with Gasteiger partial charge in [0.1, 0.15) is 11.5 Å². The minimum atomic E-state index is -0.526. The second-order valence-corrected chi connectivity index (χ2v) is 3.01. The Labute approximate surface area is 84.3 Å². The van der Waals surface area contributed by atoms with Crippen molar-refractivity contribution in [3.05, 3.63) is 23.8 Å². The molecular weight excluding hydrogens is 180 g/mol. The molecule has 1 atom stereocenters. The molecule has 0 radical (unpaired) electrons. The molecule has 78 valence electrons. The van der Waals surface area contributed by atoms with Crippen molar-refractivity contribution in [2.45, 2.75) is 20.0 Å². The SMILES string of the molecule is CCOc1cc(OC)ccc1[C@@H](C)O. The number of rotatable bonds is 4. The van der Waals surface area contributed by atoms with Crippen LogP contribution in [0.15, 0.2) is 18.2 Å². The first-order valence-corrected chi connectivity index (χ1v) is 4.67. The van der Waals surface area contributed by atoms with Gasteiger partial charge in [-0.25, -0.2) is 0 Å². The summed E-state index contributed by atoms with van der Waals surface area (Å²) in [6.07, 6.45) is -0.526. The normalized spacial score (nSPS) is 12.3. The average Bonchev–Trinajstić information content (AvgIpc) is 2.17. The van der Waals surface area contributed by atoms with Crippen LogP contribution in [-0.2, 0) is 0 Å². The maximum absolute atomic E-state index is 9.47. The van der Waals surface area contributed by atoms with Gasteiger partial charge in [0.2, 0.25) is 0 Å². The summed E-state index contributed by atoms with van der Waals surface area (Å²) in [5, 5.41) is 9.47. The summed E-state index contributed by atoms with van der Waals surface area (Å²) in [6, 6.07) is 5.41. The fourth-order valence-corrected chi connectivity index (χ4v) is 1.27. The first-order chi connectivity index (χ1) is 6.69. The Hall–Kier alpha value is -1.22. The molecule has 3 heteroatoms. The number of benzene rings is 1. The van der Waals surface area contributed by atoms with Crippen LogP contribution in [0, 0.1) is 0 Å². The van der Waals surface area contributed by atoms with E-state index in [0.717, 1.165) is 11.3 Å². The topological polar surface area (TPSA) is 38.7 Å². The molecule has 0 spiro atoms. The third kappa shape index (κ3) is 2.39. The fourth-order valence-electron chi connectivity index (χ4n) is 1.27. The molecule has 0 fully saturated rings. The van der Waals surface area contributed by atoms with E-state index in [-0.39, 0.29) is 0 Å². The average molecular weight is 196 g/mol. The zero-order valence-corrected chi connectivity index (χ0v) is 8.78. The fraction of sp³-hybridized carbons (Fsp3) is 0.455. The molecular formula is C11H16O3. The molecule has 1 aromatic rings. The van der Waals surface area contributed by atoms with Crippen molar-refractivity contribution in [1.82, 2.24) is 0 Å². The van der Waals surface area contributed by atoms with Crippen molar-refractivity contribution >= 4 is 0 Å². The van der Waals surface area contributed by atoms with E-state index in [1.807, 2.05) is 19.1 Å². The molecule has 3 nitrogen and oxygen atoms in total. The Kier molecular flexibility index (Phi) is 3.77. The number of aliphatic hydroxyl groups excluding tert-OH is 1. The van der Waals surface area contributed by atoms with Gasteiger partial charge in [-0.1, -0.05) is 0 Å². The van der Waals surface area contributed by atoms with Crippen molar-refractivity contribution in [3.63, 3.8) is 0 Å². The molecule has 0 heterocycles. The van der Waals surface area contributed by atoms with Crippen LogP contribution < -0.4 is 9.47 Å². The van der Waals surface area contributed by atoms with Gasteiger partial charge >= 0.3 is 0 Å². The number of aliphatic hydroxyl groups is 1. The van der Waals surface area contributed by atoms with Gasteiger partial charge in [-0.05, 0) is 26.0 Å². The summed E-state index contributed by atoms with van der Waals surface area (Å²) in [6.45, 7) is 4.20. The molecule has 1 rings (SSSR count). The number of hydrogen-bond acceptors (Lipinski definition) is 3. The molecule has 0 unspecified atom stereocenters. The maximum Gasteiger partial charge on any atom is 0.128 e. The van der Waals surface area contributed by atoms with E-state index in [2.05, 4.69) is 0 Å². The van der Waals surface area contributed by atoms with E-state index in [0.29, 0.717) is 12.4 Å². The van der Waals surface area contributed by atoms with Crippen molar-refractivity contribution < 1.29 is 14.6 Å². The lowest BCUT2D eigenvalue weighted by Crippen LogP contribution is -2.00. The van der Waals surface area contributed by atoms with Crippen LogP contribution >= 0.6 is 0 Å². The van der Waals surface area contributed by atoms with Crippen molar-refractivity contribution in [2.24, 2.45) is 0 Å². The minimum absolute atomic E-state index is 0.526. The van der Waals surface area contributed by atoms with Gasteiger partial charge in [0.25, 0.3) is 0 Å². The summed E-state index contributed by atoms with van der Waals surface area (Å²) in [5.41, 5.74) is 0.785. The standard InChI is InChI=1S/C11H16O3/c1-4-14-11-7-9(13-3)5-6-10(11)8(2)12/h5-8,12H,4H2,1-3H3/t8-/m1/s1. The lowest BCUT2D eigenvalue weighted by molar-refractivity contribution is 0.192. The summed E-state index contributed by atoms with van der Waals surface area (Å²) in [4.78, 5) is 0. The lowest BCUT2D eigenvalue weighted by Gasteiger charge is -2.13. The summed E-state index contributed by atoms with van der Waals surface area (Å²) < 4.78 is 10.5. The van der Waals surface area contributed by atoms with E-state index in [4.69, 9.17) is 9.47 Å². The summed E-state index contributed by atoms with van der Waals surface area (Å²) in [5.74, 6) is 1.42. The molecule has 0 aliphatic heterocycles. The van der Waals surface area contributed by atoms with E-state index in [9.17, 15) is 5.11 Å². The van der Waals surface area contributed by atoms with Gasteiger partial charge < -0.3 is 14.6 Å². The van der Waals surface area contributed by atoms with Gasteiger partial charge in [0.05, 0.1) is 19.8 Å². The smallest absolute Gasteiger partial charge is 0.128 e. The minimum Gasteiger partial charge on any atom is -0.497 e. The highest BCUT2D eigenvalue weighted by Gasteiger charge is 2.09. The van der Waals surface area contributed by atoms with Crippen LogP contribution in [0.1, 0.15) is 25.5 Å². The predicted octanol–water partition coefficient (Wildman–Crippen LogP) is 2.15. The first-order valence-electron chi connectivity index (χ1n) is 4.67. The lowest BCUT2D eigenvalue weighted by atomic mass is 10.1. The molecule has 0 saturated heterocycles. The number of ether oxygens (including phenoxy) is 2. The Morgan fingerprint density at radius 3 is 2.64 bits per heavy atom. The molecule has 0 aromatic heterocycles. The predicted molar refractivity (Wildman–Crippen MR) is 54.8 cm³/mol. The van der Waals surface area contributed by atoms with Crippen molar-refractivity contribution in [2.75, 3.05) is 13.7 Å². The molecule has 1 aromatic carbocycles. The van der Waals surface area contributed by atoms with E-state index in [1.54, 1.807) is 20.1 Å². The maximum atomic E-state index is 9.47. The Morgan fingerprint density at radius 2 is 2.14 bits per heavy atom. The Bertz CT molecular complexity index is 295. The zero-order chi connectivity index (χ0) is 10.6. The molecule has 0 bridgehead atoms. The molecule has 14 heavy (non-hydrogen) atoms. The first kappa shape index (κ1) is 10.9. The van der Waals surface area contributed by atoms with Crippen molar-refractivity contribution in [1.29, 1.82) is 0 Å². The van der Waals surface area contributed by atoms with Crippen LogP contribution in [-0.4, -0.2) is 18.8 Å². The second-order valence-electron chi connectivity index (χ2n) is 3.01. The molecule has 0 saturated carbocycles. The largest absolute Gasteiger partial charge is 0.497 e. The number of methoxy groups -OCH3 is 1. The molecule has 0 aliphatic carbocycles. The highest BCUT2D eigenvalue weighted by Crippen LogP contribution is 2.29. The van der Waals surface area contributed by atoms with E-state index >= 15 is 0 Å². The Morgan fingerprint density at radius 1 is 1.43 bits per heavy atom. The highest BCUT2D eigenvalue weighted by molar-refractivity contribution is 5.41. The third-order valence-electron chi connectivity index (χ3n) is 1.97. The highest BCUT2D eigenvalue weighted by atomic mass is 16.5. The quantitative estimate of drug-likeness (QED) is 0.801. The van der Waals surface area contributed by atoms with E-state index in [1.165, 1.54) is 0 Å². The monoisotopic (exact) mass is 196 g/mol. The third-order valence-corrected chi connectivity index (χ3v) is 1.97. The Balaban J connectivity index is 3.03.